The fourth-order valence-electron chi connectivity index (χ4n) is 1.99. The van der Waals surface area contributed by atoms with Gasteiger partial charge in [0.2, 0.25) is 0 Å². The predicted octanol–water partition coefficient (Wildman–Crippen LogP) is 2.52. The maximum atomic E-state index is 3.25. The van der Waals surface area contributed by atoms with Crippen molar-refractivity contribution in [1.82, 2.24) is 4.90 Å². The molecule has 2 rings (SSSR count). The molecular formula is C14H17N. The molecule has 1 aromatic rings. The molecule has 1 aliphatic heterocycles. The van der Waals surface area contributed by atoms with E-state index < -0.39 is 0 Å². The van der Waals surface area contributed by atoms with Crippen LogP contribution in [0, 0.1) is 11.8 Å². The Hall–Kier alpha value is -1.26. The number of hydrogen-bond acceptors (Lipinski definition) is 1. The first-order valence-corrected chi connectivity index (χ1v) is 5.64. The lowest BCUT2D eigenvalue weighted by Gasteiger charge is -2.16. The first kappa shape index (κ1) is 10.3. The van der Waals surface area contributed by atoms with E-state index in [1.807, 2.05) is 18.2 Å². The predicted molar refractivity (Wildman–Crippen MR) is 63.6 cm³/mol. The van der Waals surface area contributed by atoms with E-state index in [1.54, 1.807) is 0 Å². The first-order chi connectivity index (χ1) is 7.36. The van der Waals surface area contributed by atoms with Crippen LogP contribution in [-0.4, -0.2) is 24.0 Å². The van der Waals surface area contributed by atoms with Gasteiger partial charge in [-0.1, -0.05) is 30.0 Å². The summed E-state index contributed by atoms with van der Waals surface area (Å²) in [7, 11) is 0. The highest BCUT2D eigenvalue weighted by Gasteiger charge is 2.18. The normalized spacial score (nSPS) is 21.0. The van der Waals surface area contributed by atoms with Crippen LogP contribution >= 0.6 is 0 Å². The molecule has 1 heteroatoms. The van der Waals surface area contributed by atoms with Gasteiger partial charge in [-0.3, -0.25) is 4.90 Å². The number of hydrogen-bond donors (Lipinski definition) is 0. The van der Waals surface area contributed by atoms with Crippen LogP contribution in [0.4, 0.5) is 0 Å². The second-order valence-corrected chi connectivity index (χ2v) is 4.13. The van der Waals surface area contributed by atoms with Crippen LogP contribution in [0.15, 0.2) is 30.3 Å². The van der Waals surface area contributed by atoms with Crippen LogP contribution in [0.2, 0.25) is 0 Å². The monoisotopic (exact) mass is 199 g/mol. The molecule has 0 aromatic heterocycles. The van der Waals surface area contributed by atoms with Gasteiger partial charge in [0.05, 0.1) is 6.54 Å². The molecule has 1 nitrogen and oxygen atoms in total. The number of benzene rings is 1. The summed E-state index contributed by atoms with van der Waals surface area (Å²) in [6, 6.07) is 10.9. The molecule has 15 heavy (non-hydrogen) atoms. The molecule has 1 aromatic carbocycles. The van der Waals surface area contributed by atoms with Gasteiger partial charge in [-0.25, -0.2) is 0 Å². The van der Waals surface area contributed by atoms with Gasteiger partial charge in [-0.15, -0.1) is 0 Å². The Morgan fingerprint density at radius 1 is 1.33 bits per heavy atom. The third kappa shape index (κ3) is 2.84. The maximum Gasteiger partial charge on any atom is 0.0607 e. The molecular weight excluding hydrogens is 182 g/mol. The van der Waals surface area contributed by atoms with Gasteiger partial charge in [-0.2, -0.15) is 0 Å². The van der Waals surface area contributed by atoms with E-state index in [9.17, 15) is 0 Å². The van der Waals surface area contributed by atoms with Crippen LogP contribution in [0.1, 0.15) is 25.3 Å². The second kappa shape index (κ2) is 5.00. The molecule has 0 radical (unpaired) electrons. The van der Waals surface area contributed by atoms with Crippen LogP contribution in [0.3, 0.4) is 0 Å². The molecule has 0 saturated carbocycles. The Labute approximate surface area is 92.1 Å². The van der Waals surface area contributed by atoms with E-state index in [4.69, 9.17) is 0 Å². The summed E-state index contributed by atoms with van der Waals surface area (Å²) >= 11 is 0. The summed E-state index contributed by atoms with van der Waals surface area (Å²) in [6.45, 7) is 4.41. The van der Waals surface area contributed by atoms with Crippen molar-refractivity contribution in [2.75, 3.05) is 13.1 Å². The Kier molecular flexibility index (Phi) is 3.42. The zero-order chi connectivity index (χ0) is 10.5. The fraction of sp³-hybridized carbons (Fsp3) is 0.429. The van der Waals surface area contributed by atoms with Crippen molar-refractivity contribution in [1.29, 1.82) is 0 Å². The molecule has 1 heterocycles. The zero-order valence-corrected chi connectivity index (χ0v) is 9.24. The van der Waals surface area contributed by atoms with Crippen molar-refractivity contribution in [2.24, 2.45) is 0 Å². The van der Waals surface area contributed by atoms with E-state index in [2.05, 4.69) is 35.8 Å². The average Bonchev–Trinajstić information content (AvgIpc) is 2.66. The van der Waals surface area contributed by atoms with Crippen LogP contribution in [0.5, 0.6) is 0 Å². The maximum absolute atomic E-state index is 3.25. The smallest absolute Gasteiger partial charge is 0.0607 e. The minimum absolute atomic E-state index is 0.718. The number of nitrogens with zero attached hydrogens (tertiary/aromatic N) is 1. The van der Waals surface area contributed by atoms with Gasteiger partial charge < -0.3 is 0 Å². The highest BCUT2D eigenvalue weighted by Crippen LogP contribution is 2.14. The minimum atomic E-state index is 0.718. The summed E-state index contributed by atoms with van der Waals surface area (Å²) in [4.78, 5) is 2.45. The van der Waals surface area contributed by atoms with Crippen LogP contribution in [0.25, 0.3) is 0 Å². The molecule has 0 bridgehead atoms. The summed E-state index contributed by atoms with van der Waals surface area (Å²) in [5.41, 5.74) is 1.12. The summed E-state index contributed by atoms with van der Waals surface area (Å²) in [6.07, 6.45) is 2.65. The Bertz CT molecular complexity index is 358. The fourth-order valence-corrected chi connectivity index (χ4v) is 1.99. The molecule has 78 valence electrons. The van der Waals surface area contributed by atoms with Crippen molar-refractivity contribution >= 4 is 0 Å². The Balaban J connectivity index is 1.90. The van der Waals surface area contributed by atoms with Gasteiger partial charge in [0.15, 0.2) is 0 Å². The molecule has 1 fully saturated rings. The Morgan fingerprint density at radius 3 is 2.80 bits per heavy atom. The lowest BCUT2D eigenvalue weighted by Crippen LogP contribution is -2.26. The van der Waals surface area contributed by atoms with Gasteiger partial charge in [0, 0.05) is 11.6 Å². The molecule has 0 aliphatic carbocycles. The van der Waals surface area contributed by atoms with Crippen molar-refractivity contribution in [3.63, 3.8) is 0 Å². The lowest BCUT2D eigenvalue weighted by atomic mass is 10.2. The SMILES string of the molecule is CC1CCCN1CC#Cc1ccccc1. The Morgan fingerprint density at radius 2 is 2.13 bits per heavy atom. The van der Waals surface area contributed by atoms with E-state index >= 15 is 0 Å². The van der Waals surface area contributed by atoms with Crippen molar-refractivity contribution in [2.45, 2.75) is 25.8 Å². The van der Waals surface area contributed by atoms with Gasteiger partial charge in [0.25, 0.3) is 0 Å². The van der Waals surface area contributed by atoms with Gasteiger partial charge >= 0.3 is 0 Å². The second-order valence-electron chi connectivity index (χ2n) is 4.13. The standard InChI is InChI=1S/C14H17N/c1-13-7-5-11-15(13)12-6-10-14-8-3-2-4-9-14/h2-4,8-9,13H,5,7,11-12H2,1H3. The molecule has 1 saturated heterocycles. The minimum Gasteiger partial charge on any atom is -0.290 e. The molecule has 0 N–H and O–H groups in total. The first-order valence-electron chi connectivity index (χ1n) is 5.64. The van der Waals surface area contributed by atoms with Crippen LogP contribution in [-0.2, 0) is 0 Å². The van der Waals surface area contributed by atoms with E-state index in [-0.39, 0.29) is 0 Å². The van der Waals surface area contributed by atoms with Crippen molar-refractivity contribution in [3.8, 4) is 11.8 Å². The molecule has 0 amide bonds. The molecule has 1 aliphatic rings. The highest BCUT2D eigenvalue weighted by atomic mass is 15.2. The number of rotatable bonds is 1. The largest absolute Gasteiger partial charge is 0.290 e. The summed E-state index contributed by atoms with van der Waals surface area (Å²) < 4.78 is 0. The zero-order valence-electron chi connectivity index (χ0n) is 9.24. The third-order valence-electron chi connectivity index (χ3n) is 2.98. The van der Waals surface area contributed by atoms with Gasteiger partial charge in [-0.05, 0) is 38.4 Å². The quantitative estimate of drug-likeness (QED) is 0.628. The molecule has 1 unspecified atom stereocenters. The lowest BCUT2D eigenvalue weighted by molar-refractivity contribution is 0.303. The van der Waals surface area contributed by atoms with Crippen LogP contribution < -0.4 is 0 Å². The topological polar surface area (TPSA) is 3.24 Å². The molecule has 1 atom stereocenters. The average molecular weight is 199 g/mol. The van der Waals surface area contributed by atoms with E-state index in [0.717, 1.165) is 18.2 Å². The summed E-state index contributed by atoms with van der Waals surface area (Å²) in [5, 5.41) is 0. The summed E-state index contributed by atoms with van der Waals surface area (Å²) in [5.74, 6) is 6.45. The molecule has 0 spiro atoms. The van der Waals surface area contributed by atoms with E-state index in [0.29, 0.717) is 0 Å². The third-order valence-corrected chi connectivity index (χ3v) is 2.98. The van der Waals surface area contributed by atoms with E-state index in [1.165, 1.54) is 19.4 Å². The number of likely N-dealkylation sites (tertiary alicyclic amines) is 1. The van der Waals surface area contributed by atoms with Crippen molar-refractivity contribution < 1.29 is 0 Å². The van der Waals surface area contributed by atoms with Gasteiger partial charge in [0.1, 0.15) is 0 Å². The highest BCUT2D eigenvalue weighted by molar-refractivity contribution is 5.33. The van der Waals surface area contributed by atoms with Crippen molar-refractivity contribution in [3.05, 3.63) is 35.9 Å².